The fraction of sp³-hybridized carbons (Fsp3) is 0.375. The van der Waals surface area contributed by atoms with Crippen molar-refractivity contribution < 1.29 is 18.0 Å². The molecule has 41 heavy (non-hydrogen) atoms. The van der Waals surface area contributed by atoms with Crippen LogP contribution in [0.25, 0.3) is 0 Å². The van der Waals surface area contributed by atoms with E-state index in [2.05, 4.69) is 5.32 Å². The number of carbonyl (C=O) groups is 2. The minimum atomic E-state index is -4.13. The van der Waals surface area contributed by atoms with Gasteiger partial charge in [0.15, 0.2) is 0 Å². The Morgan fingerprint density at radius 3 is 2.05 bits per heavy atom. The highest BCUT2D eigenvalue weighted by Crippen LogP contribution is 2.29. The Morgan fingerprint density at radius 1 is 0.902 bits per heavy atom. The predicted molar refractivity (Wildman–Crippen MR) is 166 cm³/mol. The second kappa shape index (κ2) is 13.1. The van der Waals surface area contributed by atoms with Gasteiger partial charge in [0.25, 0.3) is 10.0 Å². The topological polar surface area (TPSA) is 86.8 Å². The van der Waals surface area contributed by atoms with E-state index in [0.717, 1.165) is 21.0 Å². The molecule has 220 valence electrons. The SMILES string of the molecule is CC[C@H](C(=O)NC(C)(C)C)N(Cc1ccc(Cl)cc1)C(=O)CN(c1cc(C)ccc1C)S(=O)(=O)c1ccc(C)cc1. The van der Waals surface area contributed by atoms with Crippen LogP contribution in [0.2, 0.25) is 5.02 Å². The minimum Gasteiger partial charge on any atom is -0.350 e. The summed E-state index contributed by atoms with van der Waals surface area (Å²) in [6.45, 7) is 12.7. The van der Waals surface area contributed by atoms with Crippen molar-refractivity contribution >= 4 is 39.1 Å². The first-order valence-electron chi connectivity index (χ1n) is 13.6. The molecule has 0 saturated heterocycles. The molecule has 2 amide bonds. The number of halogens is 1. The highest BCUT2D eigenvalue weighted by Gasteiger charge is 2.35. The van der Waals surface area contributed by atoms with Crippen LogP contribution in [0.4, 0.5) is 5.69 Å². The maximum absolute atomic E-state index is 14.2. The van der Waals surface area contributed by atoms with Gasteiger partial charge in [-0.2, -0.15) is 0 Å². The lowest BCUT2D eigenvalue weighted by Gasteiger charge is -2.35. The number of hydrogen-bond donors (Lipinski definition) is 1. The van der Waals surface area contributed by atoms with Gasteiger partial charge in [-0.1, -0.05) is 60.5 Å². The molecule has 0 aliphatic heterocycles. The third-order valence-electron chi connectivity index (χ3n) is 6.67. The summed E-state index contributed by atoms with van der Waals surface area (Å²) in [5, 5.41) is 3.53. The molecule has 3 rings (SSSR count). The van der Waals surface area contributed by atoms with Gasteiger partial charge in [0.2, 0.25) is 11.8 Å². The second-order valence-electron chi connectivity index (χ2n) is 11.4. The molecule has 0 spiro atoms. The average molecular weight is 598 g/mol. The number of aryl methyl sites for hydroxylation is 3. The van der Waals surface area contributed by atoms with Crippen LogP contribution in [0.3, 0.4) is 0 Å². The van der Waals surface area contributed by atoms with Crippen LogP contribution < -0.4 is 9.62 Å². The van der Waals surface area contributed by atoms with Crippen LogP contribution in [0, 0.1) is 20.8 Å². The first-order valence-corrected chi connectivity index (χ1v) is 15.5. The Labute approximate surface area is 249 Å². The Bertz CT molecular complexity index is 1480. The van der Waals surface area contributed by atoms with Crippen molar-refractivity contribution in [1.29, 1.82) is 0 Å². The zero-order valence-electron chi connectivity index (χ0n) is 24.9. The number of rotatable bonds is 10. The van der Waals surface area contributed by atoms with Crippen LogP contribution in [0.1, 0.15) is 56.4 Å². The van der Waals surface area contributed by atoms with Crippen molar-refractivity contribution in [3.63, 3.8) is 0 Å². The van der Waals surface area contributed by atoms with E-state index in [0.29, 0.717) is 22.7 Å². The number of hydrogen-bond acceptors (Lipinski definition) is 4. The van der Waals surface area contributed by atoms with Gasteiger partial charge >= 0.3 is 0 Å². The normalized spacial score (nSPS) is 12.5. The molecule has 0 radical (unpaired) electrons. The minimum absolute atomic E-state index is 0.0820. The molecule has 3 aromatic rings. The van der Waals surface area contributed by atoms with Gasteiger partial charge in [0.05, 0.1) is 10.6 Å². The first-order chi connectivity index (χ1) is 19.1. The highest BCUT2D eigenvalue weighted by atomic mass is 35.5. The highest BCUT2D eigenvalue weighted by molar-refractivity contribution is 7.92. The molecule has 0 unspecified atom stereocenters. The standard InChI is InChI=1S/C32H40ClN3O4S/c1-8-28(31(38)34-32(5,6)7)35(20-25-13-15-26(33)16-14-25)30(37)21-36(29-19-23(3)9-12-24(29)4)41(39,40)27-17-10-22(2)11-18-27/h9-19,28H,8,20-21H2,1-7H3,(H,34,38)/t28-/m1/s1. The van der Waals surface area contributed by atoms with Crippen LogP contribution in [0.15, 0.2) is 71.6 Å². The number of sulfonamides is 1. The van der Waals surface area contributed by atoms with Gasteiger partial charge in [-0.3, -0.25) is 13.9 Å². The van der Waals surface area contributed by atoms with Gasteiger partial charge < -0.3 is 10.2 Å². The average Bonchev–Trinajstić information content (AvgIpc) is 2.89. The second-order valence-corrected chi connectivity index (χ2v) is 13.7. The van der Waals surface area contributed by atoms with Crippen LogP contribution >= 0.6 is 11.6 Å². The zero-order chi connectivity index (χ0) is 30.5. The number of amides is 2. The molecule has 0 fully saturated rings. The smallest absolute Gasteiger partial charge is 0.264 e. The number of anilines is 1. The zero-order valence-corrected chi connectivity index (χ0v) is 26.4. The molecule has 0 heterocycles. The quantitative estimate of drug-likeness (QED) is 0.302. The Kier molecular flexibility index (Phi) is 10.3. The third kappa shape index (κ3) is 8.33. The molecule has 0 aliphatic rings. The molecule has 1 N–H and O–H groups in total. The van der Waals surface area contributed by atoms with Crippen molar-refractivity contribution in [2.45, 2.75) is 77.9 Å². The van der Waals surface area contributed by atoms with Crippen molar-refractivity contribution in [2.75, 3.05) is 10.8 Å². The molecule has 3 aromatic carbocycles. The molecule has 0 saturated carbocycles. The fourth-order valence-corrected chi connectivity index (χ4v) is 6.09. The van der Waals surface area contributed by atoms with Crippen molar-refractivity contribution in [3.8, 4) is 0 Å². The number of carbonyl (C=O) groups excluding carboxylic acids is 2. The van der Waals surface area contributed by atoms with Crippen LogP contribution in [0.5, 0.6) is 0 Å². The van der Waals surface area contributed by atoms with E-state index in [1.165, 1.54) is 4.90 Å². The molecule has 0 bridgehead atoms. The van der Waals surface area contributed by atoms with E-state index in [4.69, 9.17) is 11.6 Å². The van der Waals surface area contributed by atoms with Crippen molar-refractivity contribution in [1.82, 2.24) is 10.2 Å². The van der Waals surface area contributed by atoms with Crippen LogP contribution in [-0.4, -0.2) is 43.3 Å². The third-order valence-corrected chi connectivity index (χ3v) is 8.70. The lowest BCUT2D eigenvalue weighted by atomic mass is 10.1. The maximum atomic E-state index is 14.2. The van der Waals surface area contributed by atoms with E-state index >= 15 is 0 Å². The molecule has 0 aromatic heterocycles. The summed E-state index contributed by atoms with van der Waals surface area (Å²) in [5.41, 5.74) is 3.15. The van der Waals surface area contributed by atoms with E-state index in [1.54, 1.807) is 54.6 Å². The number of nitrogens with one attached hydrogen (secondary N) is 1. The van der Waals surface area contributed by atoms with Gasteiger partial charge in [-0.15, -0.1) is 0 Å². The summed E-state index contributed by atoms with van der Waals surface area (Å²) in [7, 11) is -4.13. The summed E-state index contributed by atoms with van der Waals surface area (Å²) >= 11 is 6.09. The monoisotopic (exact) mass is 597 g/mol. The summed E-state index contributed by atoms with van der Waals surface area (Å²) in [4.78, 5) is 29.2. The molecular formula is C32H40ClN3O4S. The van der Waals surface area contributed by atoms with E-state index < -0.39 is 34.1 Å². The molecule has 1 atom stereocenters. The lowest BCUT2D eigenvalue weighted by molar-refractivity contribution is -0.141. The largest absolute Gasteiger partial charge is 0.350 e. The molecule has 7 nitrogen and oxygen atoms in total. The van der Waals surface area contributed by atoms with E-state index in [9.17, 15) is 18.0 Å². The first kappa shape index (κ1) is 32.2. The summed E-state index contributed by atoms with van der Waals surface area (Å²) < 4.78 is 29.3. The summed E-state index contributed by atoms with van der Waals surface area (Å²) in [6, 6.07) is 18.3. The van der Waals surface area contributed by atoms with E-state index in [1.807, 2.05) is 60.6 Å². The van der Waals surface area contributed by atoms with Gasteiger partial charge in [0, 0.05) is 17.1 Å². The molecule has 9 heteroatoms. The van der Waals surface area contributed by atoms with Crippen molar-refractivity contribution in [2.24, 2.45) is 0 Å². The predicted octanol–water partition coefficient (Wildman–Crippen LogP) is 6.18. The number of benzene rings is 3. The number of nitrogens with zero attached hydrogens (tertiary/aromatic N) is 2. The lowest BCUT2D eigenvalue weighted by Crippen LogP contribution is -2.55. The van der Waals surface area contributed by atoms with Gasteiger partial charge in [-0.25, -0.2) is 8.42 Å². The Morgan fingerprint density at radius 2 is 1.49 bits per heavy atom. The summed E-state index contributed by atoms with van der Waals surface area (Å²) in [5.74, 6) is -0.797. The van der Waals surface area contributed by atoms with Gasteiger partial charge in [-0.05, 0) is 95.0 Å². The molecular weight excluding hydrogens is 558 g/mol. The van der Waals surface area contributed by atoms with Crippen molar-refractivity contribution in [3.05, 3.63) is 94.0 Å². The Balaban J connectivity index is 2.11. The Hall–Kier alpha value is -3.36. The fourth-order valence-electron chi connectivity index (χ4n) is 4.50. The van der Waals surface area contributed by atoms with Crippen LogP contribution in [-0.2, 0) is 26.2 Å². The van der Waals surface area contributed by atoms with Gasteiger partial charge in [0.1, 0.15) is 12.6 Å². The summed E-state index contributed by atoms with van der Waals surface area (Å²) in [6.07, 6.45) is 0.343. The maximum Gasteiger partial charge on any atom is 0.264 e. The molecule has 0 aliphatic carbocycles. The van der Waals surface area contributed by atoms with E-state index in [-0.39, 0.29) is 17.3 Å².